The van der Waals surface area contributed by atoms with E-state index in [4.69, 9.17) is 0 Å². The van der Waals surface area contributed by atoms with E-state index in [-0.39, 0.29) is 17.2 Å². The predicted octanol–water partition coefficient (Wildman–Crippen LogP) is 1.55. The van der Waals surface area contributed by atoms with E-state index in [1.807, 2.05) is 30.3 Å². The van der Waals surface area contributed by atoms with Crippen molar-refractivity contribution in [2.24, 2.45) is 0 Å². The van der Waals surface area contributed by atoms with Gasteiger partial charge in [-0.05, 0) is 31.2 Å². The Bertz CT molecular complexity index is 685. The lowest BCUT2D eigenvalue weighted by atomic mass is 10.0. The van der Waals surface area contributed by atoms with E-state index in [9.17, 15) is 19.5 Å². The third kappa shape index (κ3) is 4.17. The van der Waals surface area contributed by atoms with E-state index >= 15 is 0 Å². The standard InChI is InChI=1S/C18H22N2O4S2/c21-16(14(25)9-11-5-2-1-3-6-11)19-12-10-26-15-8-4-7-13(18(23)24)20(15)17(12)22/h1-3,5-6,12-15,25H,4,7-10H2,(H,19,21)(H,23,24)/t12-,13-,14?,15-/m0/s1. The lowest BCUT2D eigenvalue weighted by Crippen LogP contribution is -2.62. The lowest BCUT2D eigenvalue weighted by molar-refractivity contribution is -0.154. The number of carboxylic acids is 1. The van der Waals surface area contributed by atoms with Crippen LogP contribution >= 0.6 is 24.4 Å². The van der Waals surface area contributed by atoms with E-state index in [0.29, 0.717) is 18.6 Å². The quantitative estimate of drug-likeness (QED) is 0.660. The first-order chi connectivity index (χ1) is 12.5. The van der Waals surface area contributed by atoms with Crippen LogP contribution in [0.25, 0.3) is 0 Å². The first kappa shape index (κ1) is 19.1. The van der Waals surface area contributed by atoms with E-state index in [1.54, 1.807) is 0 Å². The minimum Gasteiger partial charge on any atom is -0.480 e. The monoisotopic (exact) mass is 394 g/mol. The number of thioether (sulfide) groups is 1. The molecule has 2 fully saturated rings. The molecule has 2 amide bonds. The Balaban J connectivity index is 1.63. The molecule has 2 N–H and O–H groups in total. The summed E-state index contributed by atoms with van der Waals surface area (Å²) >= 11 is 5.91. The summed E-state index contributed by atoms with van der Waals surface area (Å²) in [6.07, 6.45) is 2.52. The van der Waals surface area contributed by atoms with Crippen LogP contribution in [0.2, 0.25) is 0 Å². The highest BCUT2D eigenvalue weighted by atomic mass is 32.2. The zero-order chi connectivity index (χ0) is 18.7. The SMILES string of the molecule is O=C(N[C@H]1CS[C@H]2CCC[C@@H](C(=O)O)N2C1=O)C(S)Cc1ccccc1. The number of hydrogen-bond acceptors (Lipinski definition) is 5. The van der Waals surface area contributed by atoms with Crippen LogP contribution in [-0.4, -0.2) is 56.3 Å². The smallest absolute Gasteiger partial charge is 0.326 e. The maximum absolute atomic E-state index is 12.8. The number of carbonyl (C=O) groups excluding carboxylic acids is 2. The van der Waals surface area contributed by atoms with Crippen LogP contribution in [0.3, 0.4) is 0 Å². The van der Waals surface area contributed by atoms with Gasteiger partial charge in [0, 0.05) is 5.75 Å². The maximum Gasteiger partial charge on any atom is 0.326 e. The average molecular weight is 395 g/mol. The second kappa shape index (κ2) is 8.35. The van der Waals surface area contributed by atoms with E-state index in [2.05, 4.69) is 17.9 Å². The van der Waals surface area contributed by atoms with Gasteiger partial charge in [-0.2, -0.15) is 12.6 Å². The number of nitrogens with one attached hydrogen (secondary N) is 1. The molecule has 0 bridgehead atoms. The minimum atomic E-state index is -0.980. The molecule has 0 aromatic heterocycles. The molecule has 8 heteroatoms. The van der Waals surface area contributed by atoms with Gasteiger partial charge in [-0.25, -0.2) is 4.79 Å². The van der Waals surface area contributed by atoms with Crippen LogP contribution in [0.5, 0.6) is 0 Å². The highest BCUT2D eigenvalue weighted by molar-refractivity contribution is 8.00. The molecule has 26 heavy (non-hydrogen) atoms. The van der Waals surface area contributed by atoms with Crippen molar-refractivity contribution < 1.29 is 19.5 Å². The Morgan fingerprint density at radius 1 is 1.31 bits per heavy atom. The number of hydrogen-bond donors (Lipinski definition) is 3. The number of fused-ring (bicyclic) bond motifs is 1. The summed E-state index contributed by atoms with van der Waals surface area (Å²) < 4.78 is 0. The summed E-state index contributed by atoms with van der Waals surface area (Å²) in [5, 5.41) is 11.5. The van der Waals surface area contributed by atoms with E-state index in [1.165, 1.54) is 16.7 Å². The van der Waals surface area contributed by atoms with E-state index in [0.717, 1.165) is 18.4 Å². The van der Waals surface area contributed by atoms with Gasteiger partial charge >= 0.3 is 5.97 Å². The predicted molar refractivity (Wildman–Crippen MR) is 103 cm³/mol. The van der Waals surface area contributed by atoms with Crippen LogP contribution in [0, 0.1) is 0 Å². The molecular weight excluding hydrogens is 372 g/mol. The Kier molecular flexibility index (Phi) is 6.13. The van der Waals surface area contributed by atoms with Gasteiger partial charge in [0.15, 0.2) is 0 Å². The summed E-state index contributed by atoms with van der Waals surface area (Å²) in [6.45, 7) is 0. The van der Waals surface area contributed by atoms with Crippen LogP contribution in [-0.2, 0) is 20.8 Å². The number of carboxylic acid groups (broad SMARTS) is 1. The number of nitrogens with zero attached hydrogens (tertiary/aromatic N) is 1. The molecule has 2 aliphatic rings. The molecule has 6 nitrogen and oxygen atoms in total. The first-order valence-electron chi connectivity index (χ1n) is 8.66. The molecule has 0 saturated carbocycles. The fourth-order valence-corrected chi connectivity index (χ4v) is 5.10. The highest BCUT2D eigenvalue weighted by Gasteiger charge is 2.45. The Morgan fingerprint density at radius 3 is 2.73 bits per heavy atom. The van der Waals surface area contributed by atoms with Crippen molar-refractivity contribution in [2.75, 3.05) is 5.75 Å². The van der Waals surface area contributed by atoms with Gasteiger partial charge in [-0.1, -0.05) is 30.3 Å². The molecule has 140 valence electrons. The molecule has 1 aromatic rings. The van der Waals surface area contributed by atoms with Gasteiger partial charge in [0.2, 0.25) is 11.8 Å². The number of piperidine rings is 1. The minimum absolute atomic E-state index is 0.110. The molecule has 0 radical (unpaired) electrons. The Labute approximate surface area is 162 Å². The van der Waals surface area contributed by atoms with Gasteiger partial charge in [0.25, 0.3) is 0 Å². The fraction of sp³-hybridized carbons (Fsp3) is 0.500. The highest BCUT2D eigenvalue weighted by Crippen LogP contribution is 2.35. The summed E-state index contributed by atoms with van der Waals surface area (Å²) in [5.74, 6) is -1.12. The molecule has 0 spiro atoms. The van der Waals surface area contributed by atoms with Crippen LogP contribution in [0.4, 0.5) is 0 Å². The summed E-state index contributed by atoms with van der Waals surface area (Å²) in [7, 11) is 0. The third-order valence-electron chi connectivity index (χ3n) is 4.76. The molecule has 3 rings (SSSR count). The Morgan fingerprint density at radius 2 is 2.04 bits per heavy atom. The first-order valence-corrected chi connectivity index (χ1v) is 10.2. The zero-order valence-corrected chi connectivity index (χ0v) is 15.9. The molecule has 1 aromatic carbocycles. The number of aliphatic carboxylic acids is 1. The molecule has 1 unspecified atom stereocenters. The number of benzene rings is 1. The second-order valence-electron chi connectivity index (χ2n) is 6.59. The van der Waals surface area contributed by atoms with Crippen molar-refractivity contribution in [1.29, 1.82) is 0 Å². The van der Waals surface area contributed by atoms with Crippen molar-refractivity contribution in [3.05, 3.63) is 35.9 Å². The normalized spacial score (nSPS) is 26.7. The Hall–Kier alpha value is -1.67. The topological polar surface area (TPSA) is 86.7 Å². The zero-order valence-electron chi connectivity index (χ0n) is 14.2. The van der Waals surface area contributed by atoms with Crippen molar-refractivity contribution in [3.63, 3.8) is 0 Å². The number of carbonyl (C=O) groups is 3. The number of thiol groups is 1. The summed E-state index contributed by atoms with van der Waals surface area (Å²) in [5.41, 5.74) is 0.994. The summed E-state index contributed by atoms with van der Waals surface area (Å²) in [6, 6.07) is 8.05. The molecule has 0 aliphatic carbocycles. The van der Waals surface area contributed by atoms with Crippen molar-refractivity contribution >= 4 is 42.2 Å². The molecule has 4 atom stereocenters. The molecule has 2 heterocycles. The van der Waals surface area contributed by atoms with Crippen LogP contribution in [0.15, 0.2) is 30.3 Å². The van der Waals surface area contributed by atoms with Crippen molar-refractivity contribution in [3.8, 4) is 0 Å². The molecule has 2 saturated heterocycles. The number of amides is 2. The molecule has 2 aliphatic heterocycles. The van der Waals surface area contributed by atoms with Gasteiger partial charge < -0.3 is 15.3 Å². The number of rotatable bonds is 5. The van der Waals surface area contributed by atoms with Crippen LogP contribution in [0.1, 0.15) is 24.8 Å². The average Bonchev–Trinajstić information content (AvgIpc) is 2.64. The second-order valence-corrected chi connectivity index (χ2v) is 8.42. The van der Waals surface area contributed by atoms with Gasteiger partial charge in [-0.3, -0.25) is 9.59 Å². The third-order valence-corrected chi connectivity index (χ3v) is 6.55. The van der Waals surface area contributed by atoms with Crippen molar-refractivity contribution in [1.82, 2.24) is 10.2 Å². The summed E-state index contributed by atoms with van der Waals surface area (Å²) in [4.78, 5) is 38.2. The van der Waals surface area contributed by atoms with Crippen LogP contribution < -0.4 is 5.32 Å². The largest absolute Gasteiger partial charge is 0.480 e. The van der Waals surface area contributed by atoms with Gasteiger partial charge in [0.05, 0.1) is 10.6 Å². The van der Waals surface area contributed by atoms with Gasteiger partial charge in [0.1, 0.15) is 12.1 Å². The van der Waals surface area contributed by atoms with Crippen molar-refractivity contribution in [2.45, 2.75) is 48.4 Å². The van der Waals surface area contributed by atoms with E-state index < -0.39 is 23.3 Å². The lowest BCUT2D eigenvalue weighted by Gasteiger charge is -2.45. The maximum atomic E-state index is 12.8. The molecular formula is C18H22N2O4S2. The fourth-order valence-electron chi connectivity index (χ4n) is 3.43. The van der Waals surface area contributed by atoms with Gasteiger partial charge in [-0.15, -0.1) is 11.8 Å².